The molecule has 5 heteroatoms. The molecule has 0 aliphatic rings. The molecule has 19 heavy (non-hydrogen) atoms. The van der Waals surface area contributed by atoms with Gasteiger partial charge in [-0.25, -0.2) is 13.6 Å². The van der Waals surface area contributed by atoms with Gasteiger partial charge < -0.3 is 9.64 Å². The molecule has 1 atom stereocenters. The monoisotopic (exact) mass is 271 g/mol. The Balaban J connectivity index is 2.84. The van der Waals surface area contributed by atoms with Crippen LogP contribution in [0.4, 0.5) is 13.6 Å². The van der Waals surface area contributed by atoms with E-state index in [1.807, 2.05) is 0 Å². The average molecular weight is 271 g/mol. The van der Waals surface area contributed by atoms with Crippen LogP contribution in [0.2, 0.25) is 0 Å². The van der Waals surface area contributed by atoms with Gasteiger partial charge in [-0.05, 0) is 45.4 Å². The zero-order valence-electron chi connectivity index (χ0n) is 11.8. The molecule has 0 N–H and O–H groups in total. The van der Waals surface area contributed by atoms with Crippen molar-refractivity contribution in [2.75, 3.05) is 7.05 Å². The van der Waals surface area contributed by atoms with Gasteiger partial charge in [0, 0.05) is 7.05 Å². The van der Waals surface area contributed by atoms with E-state index in [-0.39, 0.29) is 0 Å². The first-order valence-corrected chi connectivity index (χ1v) is 6.02. The van der Waals surface area contributed by atoms with Crippen molar-refractivity contribution in [2.45, 2.75) is 39.3 Å². The lowest BCUT2D eigenvalue weighted by atomic mass is 10.1. The predicted octanol–water partition coefficient (Wildman–Crippen LogP) is 3.89. The maximum Gasteiger partial charge on any atom is 0.410 e. The summed E-state index contributed by atoms with van der Waals surface area (Å²) in [5, 5.41) is 0. The van der Waals surface area contributed by atoms with Crippen LogP contribution in [-0.4, -0.2) is 23.6 Å². The molecule has 0 bridgehead atoms. The fourth-order valence-electron chi connectivity index (χ4n) is 1.49. The van der Waals surface area contributed by atoms with E-state index in [9.17, 15) is 13.6 Å². The van der Waals surface area contributed by atoms with Gasteiger partial charge >= 0.3 is 6.09 Å². The number of ether oxygens (including phenoxy) is 1. The Hall–Kier alpha value is -1.65. The summed E-state index contributed by atoms with van der Waals surface area (Å²) in [5.41, 5.74) is -0.0914. The van der Waals surface area contributed by atoms with Crippen molar-refractivity contribution in [1.82, 2.24) is 4.90 Å². The van der Waals surface area contributed by atoms with Gasteiger partial charge in [0.05, 0.1) is 6.04 Å². The number of nitrogens with zero attached hydrogens (tertiary/aromatic N) is 1. The van der Waals surface area contributed by atoms with Crippen LogP contribution in [0.3, 0.4) is 0 Å². The number of rotatable bonds is 2. The first kappa shape index (κ1) is 15.4. The highest BCUT2D eigenvalue weighted by Crippen LogP contribution is 2.22. The van der Waals surface area contributed by atoms with Crippen molar-refractivity contribution in [1.29, 1.82) is 0 Å². The molecule has 1 rings (SSSR count). The molecule has 1 aromatic carbocycles. The van der Waals surface area contributed by atoms with Crippen LogP contribution in [0.15, 0.2) is 18.2 Å². The van der Waals surface area contributed by atoms with E-state index in [2.05, 4.69) is 0 Å². The predicted molar refractivity (Wildman–Crippen MR) is 68.8 cm³/mol. The van der Waals surface area contributed by atoms with Gasteiger partial charge in [-0.15, -0.1) is 0 Å². The van der Waals surface area contributed by atoms with Gasteiger partial charge in [0.15, 0.2) is 11.6 Å². The van der Waals surface area contributed by atoms with E-state index in [4.69, 9.17) is 4.74 Å². The van der Waals surface area contributed by atoms with E-state index in [1.165, 1.54) is 11.0 Å². The molecule has 0 aliphatic heterocycles. The van der Waals surface area contributed by atoms with E-state index >= 15 is 0 Å². The molecular formula is C14H19F2NO2. The fraction of sp³-hybridized carbons (Fsp3) is 0.500. The van der Waals surface area contributed by atoms with E-state index in [0.717, 1.165) is 12.1 Å². The largest absolute Gasteiger partial charge is 0.444 e. The molecule has 0 spiro atoms. The minimum atomic E-state index is -0.929. The molecule has 0 saturated heterocycles. The first-order chi connectivity index (χ1) is 8.61. The third-order valence-corrected chi connectivity index (χ3v) is 2.69. The maximum atomic E-state index is 13.2. The zero-order valence-corrected chi connectivity index (χ0v) is 11.8. The van der Waals surface area contributed by atoms with Crippen LogP contribution in [0.25, 0.3) is 0 Å². The number of hydrogen-bond donors (Lipinski definition) is 0. The van der Waals surface area contributed by atoms with Crippen LogP contribution in [0.5, 0.6) is 0 Å². The number of carbonyl (C=O) groups is 1. The van der Waals surface area contributed by atoms with Gasteiger partial charge in [-0.1, -0.05) is 6.07 Å². The van der Waals surface area contributed by atoms with Gasteiger partial charge in [0.1, 0.15) is 5.60 Å². The lowest BCUT2D eigenvalue weighted by Gasteiger charge is -2.29. The summed E-state index contributed by atoms with van der Waals surface area (Å²) >= 11 is 0. The molecule has 0 aliphatic carbocycles. The number of carbonyl (C=O) groups excluding carboxylic acids is 1. The third-order valence-electron chi connectivity index (χ3n) is 2.69. The summed E-state index contributed by atoms with van der Waals surface area (Å²) in [6.07, 6.45) is -0.510. The molecule has 0 radical (unpaired) electrons. The van der Waals surface area contributed by atoms with Crippen LogP contribution in [-0.2, 0) is 4.74 Å². The smallest absolute Gasteiger partial charge is 0.410 e. The van der Waals surface area contributed by atoms with Gasteiger partial charge in [0.25, 0.3) is 0 Å². The molecule has 3 nitrogen and oxygen atoms in total. The summed E-state index contributed by atoms with van der Waals surface area (Å²) in [4.78, 5) is 13.2. The SMILES string of the molecule is CC(c1ccc(F)c(F)c1)N(C)C(=O)OC(C)(C)C. The molecule has 1 aromatic rings. The van der Waals surface area contributed by atoms with Crippen LogP contribution in [0, 0.1) is 11.6 Å². The number of halogens is 2. The Kier molecular flexibility index (Phi) is 4.50. The lowest BCUT2D eigenvalue weighted by molar-refractivity contribution is 0.0233. The second-order valence-corrected chi connectivity index (χ2v) is 5.44. The summed E-state index contributed by atoms with van der Waals surface area (Å²) in [6, 6.07) is 3.17. The number of amides is 1. The zero-order chi connectivity index (χ0) is 14.8. The molecule has 106 valence electrons. The molecule has 0 saturated carbocycles. The van der Waals surface area contributed by atoms with Crippen LogP contribution in [0.1, 0.15) is 39.3 Å². The van der Waals surface area contributed by atoms with Crippen LogP contribution < -0.4 is 0 Å². The highest BCUT2D eigenvalue weighted by molar-refractivity contribution is 5.68. The Morgan fingerprint density at radius 1 is 1.26 bits per heavy atom. The second kappa shape index (κ2) is 5.55. The van der Waals surface area contributed by atoms with Gasteiger partial charge in [-0.3, -0.25) is 0 Å². The average Bonchev–Trinajstić information content (AvgIpc) is 2.28. The van der Waals surface area contributed by atoms with Crippen LogP contribution >= 0.6 is 0 Å². The summed E-state index contributed by atoms with van der Waals surface area (Å²) in [5.74, 6) is -1.84. The van der Waals surface area contributed by atoms with Crippen molar-refractivity contribution >= 4 is 6.09 Å². The quantitative estimate of drug-likeness (QED) is 0.816. The molecule has 0 fully saturated rings. The second-order valence-electron chi connectivity index (χ2n) is 5.44. The molecule has 1 amide bonds. The third kappa shape index (κ3) is 4.19. The normalized spacial score (nSPS) is 13.0. The minimum Gasteiger partial charge on any atom is -0.444 e. The molecule has 0 heterocycles. The number of benzene rings is 1. The van der Waals surface area contributed by atoms with E-state index < -0.39 is 29.4 Å². The van der Waals surface area contributed by atoms with Gasteiger partial charge in [-0.2, -0.15) is 0 Å². The Morgan fingerprint density at radius 3 is 2.32 bits per heavy atom. The molecule has 1 unspecified atom stereocenters. The summed E-state index contributed by atoms with van der Waals surface area (Å²) < 4.78 is 31.2. The van der Waals surface area contributed by atoms with Gasteiger partial charge in [0.2, 0.25) is 0 Å². The minimum absolute atomic E-state index is 0.412. The Bertz CT molecular complexity index is 469. The van der Waals surface area contributed by atoms with Crippen molar-refractivity contribution in [3.8, 4) is 0 Å². The summed E-state index contributed by atoms with van der Waals surface area (Å²) in [6.45, 7) is 7.01. The fourth-order valence-corrected chi connectivity index (χ4v) is 1.49. The van der Waals surface area contributed by atoms with Crippen molar-refractivity contribution in [3.63, 3.8) is 0 Å². The first-order valence-electron chi connectivity index (χ1n) is 6.02. The highest BCUT2D eigenvalue weighted by atomic mass is 19.2. The molecular weight excluding hydrogens is 252 g/mol. The highest BCUT2D eigenvalue weighted by Gasteiger charge is 2.24. The summed E-state index contributed by atoms with van der Waals surface area (Å²) in [7, 11) is 1.56. The Morgan fingerprint density at radius 2 is 1.84 bits per heavy atom. The standard InChI is InChI=1S/C14H19F2NO2/c1-9(10-6-7-11(15)12(16)8-10)17(5)13(18)19-14(2,3)4/h6-9H,1-5H3. The Labute approximate surface area is 112 Å². The van der Waals surface area contributed by atoms with Crippen molar-refractivity contribution < 1.29 is 18.3 Å². The van der Waals surface area contributed by atoms with Crippen molar-refractivity contribution in [3.05, 3.63) is 35.4 Å². The lowest BCUT2D eigenvalue weighted by Crippen LogP contribution is -2.35. The number of hydrogen-bond acceptors (Lipinski definition) is 2. The maximum absolute atomic E-state index is 13.2. The topological polar surface area (TPSA) is 29.5 Å². The van der Waals surface area contributed by atoms with E-state index in [0.29, 0.717) is 5.56 Å². The van der Waals surface area contributed by atoms with Crippen molar-refractivity contribution in [2.24, 2.45) is 0 Å². The van der Waals surface area contributed by atoms with E-state index in [1.54, 1.807) is 34.7 Å². The molecule has 0 aromatic heterocycles.